The third-order valence-corrected chi connectivity index (χ3v) is 4.69. The SMILES string of the molecule is CNC(C1CCC1)C1CCCCC1C(F)(F)F. The van der Waals surface area contributed by atoms with Gasteiger partial charge < -0.3 is 5.32 Å². The van der Waals surface area contributed by atoms with Gasteiger partial charge in [0.15, 0.2) is 0 Å². The molecule has 100 valence electrons. The maximum absolute atomic E-state index is 13.0. The van der Waals surface area contributed by atoms with Crippen LogP contribution in [-0.2, 0) is 0 Å². The monoisotopic (exact) mass is 249 g/mol. The Kier molecular flexibility index (Phi) is 4.01. The van der Waals surface area contributed by atoms with Crippen LogP contribution in [-0.4, -0.2) is 19.3 Å². The molecule has 2 saturated carbocycles. The van der Waals surface area contributed by atoms with Crippen LogP contribution in [0.5, 0.6) is 0 Å². The summed E-state index contributed by atoms with van der Waals surface area (Å²) in [6, 6.07) is 0.0793. The van der Waals surface area contributed by atoms with E-state index in [-0.39, 0.29) is 12.0 Å². The van der Waals surface area contributed by atoms with Crippen molar-refractivity contribution in [2.75, 3.05) is 7.05 Å². The van der Waals surface area contributed by atoms with Crippen molar-refractivity contribution in [3.63, 3.8) is 0 Å². The molecule has 0 bridgehead atoms. The highest BCUT2D eigenvalue weighted by atomic mass is 19.4. The van der Waals surface area contributed by atoms with Crippen LogP contribution in [0.4, 0.5) is 13.2 Å². The van der Waals surface area contributed by atoms with E-state index in [1.54, 1.807) is 0 Å². The Hall–Kier alpha value is -0.250. The van der Waals surface area contributed by atoms with Gasteiger partial charge in [-0.1, -0.05) is 19.3 Å². The summed E-state index contributed by atoms with van der Waals surface area (Å²) in [4.78, 5) is 0. The molecule has 0 aromatic rings. The minimum Gasteiger partial charge on any atom is -0.316 e. The maximum Gasteiger partial charge on any atom is 0.392 e. The molecule has 3 atom stereocenters. The van der Waals surface area contributed by atoms with Crippen LogP contribution in [0.1, 0.15) is 44.9 Å². The molecule has 0 heterocycles. The highest BCUT2D eigenvalue weighted by Crippen LogP contribution is 2.46. The number of alkyl halides is 3. The zero-order valence-electron chi connectivity index (χ0n) is 10.4. The van der Waals surface area contributed by atoms with E-state index < -0.39 is 12.1 Å². The molecule has 3 unspecified atom stereocenters. The van der Waals surface area contributed by atoms with E-state index in [9.17, 15) is 13.2 Å². The van der Waals surface area contributed by atoms with E-state index in [1.807, 2.05) is 7.05 Å². The first-order valence-electron chi connectivity index (χ1n) is 6.78. The molecule has 0 aromatic heterocycles. The lowest BCUT2D eigenvalue weighted by molar-refractivity contribution is -0.201. The zero-order valence-corrected chi connectivity index (χ0v) is 10.4. The van der Waals surface area contributed by atoms with Crippen LogP contribution in [0.2, 0.25) is 0 Å². The summed E-state index contributed by atoms with van der Waals surface area (Å²) >= 11 is 0. The van der Waals surface area contributed by atoms with Crippen molar-refractivity contribution in [2.45, 2.75) is 57.2 Å². The van der Waals surface area contributed by atoms with Crippen molar-refractivity contribution < 1.29 is 13.2 Å². The second-order valence-electron chi connectivity index (χ2n) is 5.60. The molecule has 0 aromatic carbocycles. The van der Waals surface area contributed by atoms with Crippen molar-refractivity contribution in [1.82, 2.24) is 5.32 Å². The molecule has 4 heteroatoms. The molecular formula is C13H22F3N. The summed E-state index contributed by atoms with van der Waals surface area (Å²) in [5.41, 5.74) is 0. The smallest absolute Gasteiger partial charge is 0.316 e. The van der Waals surface area contributed by atoms with E-state index in [4.69, 9.17) is 0 Å². The Morgan fingerprint density at radius 2 is 1.65 bits per heavy atom. The lowest BCUT2D eigenvalue weighted by Crippen LogP contribution is -2.49. The highest BCUT2D eigenvalue weighted by molar-refractivity contribution is 4.93. The summed E-state index contributed by atoms with van der Waals surface area (Å²) in [5, 5.41) is 3.18. The summed E-state index contributed by atoms with van der Waals surface area (Å²) in [6.07, 6.45) is 2.16. The van der Waals surface area contributed by atoms with Crippen LogP contribution in [0.3, 0.4) is 0 Å². The first-order valence-corrected chi connectivity index (χ1v) is 6.78. The average Bonchev–Trinajstić information content (AvgIpc) is 2.22. The Morgan fingerprint density at radius 1 is 1.00 bits per heavy atom. The Balaban J connectivity index is 2.08. The molecule has 17 heavy (non-hydrogen) atoms. The van der Waals surface area contributed by atoms with Crippen LogP contribution in [0.25, 0.3) is 0 Å². The van der Waals surface area contributed by atoms with E-state index >= 15 is 0 Å². The van der Waals surface area contributed by atoms with Crippen LogP contribution in [0, 0.1) is 17.8 Å². The Labute approximate surface area is 101 Å². The van der Waals surface area contributed by atoms with Gasteiger partial charge in [-0.2, -0.15) is 13.2 Å². The Bertz CT molecular complexity index is 248. The van der Waals surface area contributed by atoms with Gasteiger partial charge in [0.2, 0.25) is 0 Å². The summed E-state index contributed by atoms with van der Waals surface area (Å²) in [5.74, 6) is -0.790. The van der Waals surface area contributed by atoms with Crippen LogP contribution < -0.4 is 5.32 Å². The van der Waals surface area contributed by atoms with E-state index in [2.05, 4.69) is 5.32 Å². The molecule has 2 fully saturated rings. The van der Waals surface area contributed by atoms with Crippen molar-refractivity contribution >= 4 is 0 Å². The largest absolute Gasteiger partial charge is 0.392 e. The molecule has 0 radical (unpaired) electrons. The second-order valence-corrected chi connectivity index (χ2v) is 5.60. The molecule has 0 spiro atoms. The Morgan fingerprint density at radius 3 is 2.12 bits per heavy atom. The van der Waals surface area contributed by atoms with Gasteiger partial charge in [-0.25, -0.2) is 0 Å². The second kappa shape index (κ2) is 5.17. The van der Waals surface area contributed by atoms with Gasteiger partial charge >= 0.3 is 6.18 Å². The first-order chi connectivity index (χ1) is 8.04. The molecule has 0 aliphatic heterocycles. The standard InChI is InChI=1S/C13H22F3N/c1-17-12(9-5-4-6-9)10-7-2-3-8-11(10)13(14,15)16/h9-12,17H,2-8H2,1H3. The van der Waals surface area contributed by atoms with Gasteiger partial charge in [0.05, 0.1) is 5.92 Å². The fourth-order valence-corrected chi connectivity index (χ4v) is 3.59. The molecule has 1 nitrogen and oxygen atoms in total. The zero-order chi connectivity index (χ0) is 12.5. The maximum atomic E-state index is 13.0. The summed E-state index contributed by atoms with van der Waals surface area (Å²) in [7, 11) is 1.82. The number of hydrogen-bond acceptors (Lipinski definition) is 1. The van der Waals surface area contributed by atoms with Gasteiger partial charge in [0.1, 0.15) is 0 Å². The first kappa shape index (κ1) is 13.2. The van der Waals surface area contributed by atoms with Gasteiger partial charge in [-0.15, -0.1) is 0 Å². The van der Waals surface area contributed by atoms with Gasteiger partial charge in [-0.3, -0.25) is 0 Å². The third-order valence-electron chi connectivity index (χ3n) is 4.69. The van der Waals surface area contributed by atoms with Gasteiger partial charge in [0, 0.05) is 6.04 Å². The molecule has 2 aliphatic carbocycles. The quantitative estimate of drug-likeness (QED) is 0.803. The molecule has 0 amide bonds. The van der Waals surface area contributed by atoms with E-state index in [0.717, 1.165) is 32.1 Å². The highest BCUT2D eigenvalue weighted by Gasteiger charge is 2.49. The van der Waals surface area contributed by atoms with Crippen molar-refractivity contribution in [1.29, 1.82) is 0 Å². The predicted octanol–water partition coefficient (Wildman–Crippen LogP) is 3.74. The van der Waals surface area contributed by atoms with E-state index in [1.165, 1.54) is 6.42 Å². The van der Waals surface area contributed by atoms with Crippen LogP contribution in [0.15, 0.2) is 0 Å². The van der Waals surface area contributed by atoms with Gasteiger partial charge in [0.25, 0.3) is 0 Å². The molecule has 2 rings (SSSR count). The van der Waals surface area contributed by atoms with Crippen molar-refractivity contribution in [3.8, 4) is 0 Å². The minimum absolute atomic E-state index is 0.0793. The normalized spacial score (nSPS) is 33.2. The third kappa shape index (κ3) is 2.78. The number of rotatable bonds is 3. The lowest BCUT2D eigenvalue weighted by Gasteiger charge is -2.44. The molecule has 1 N–H and O–H groups in total. The average molecular weight is 249 g/mol. The molecular weight excluding hydrogens is 227 g/mol. The summed E-state index contributed by atoms with van der Waals surface area (Å²) in [6.45, 7) is 0. The number of hydrogen-bond donors (Lipinski definition) is 1. The van der Waals surface area contributed by atoms with Crippen LogP contribution >= 0.6 is 0 Å². The summed E-state index contributed by atoms with van der Waals surface area (Å²) < 4.78 is 39.1. The molecule has 0 saturated heterocycles. The number of halogens is 3. The fraction of sp³-hybridized carbons (Fsp3) is 1.00. The lowest BCUT2D eigenvalue weighted by atomic mass is 9.67. The van der Waals surface area contributed by atoms with E-state index in [0.29, 0.717) is 12.3 Å². The van der Waals surface area contributed by atoms with Crippen molar-refractivity contribution in [2.24, 2.45) is 17.8 Å². The predicted molar refractivity (Wildman–Crippen MR) is 61.7 cm³/mol. The molecule has 2 aliphatic rings. The minimum atomic E-state index is -4.01. The van der Waals surface area contributed by atoms with Gasteiger partial charge in [-0.05, 0) is 44.6 Å². The van der Waals surface area contributed by atoms with Crippen molar-refractivity contribution in [3.05, 3.63) is 0 Å². The number of nitrogens with one attached hydrogen (secondary N) is 1. The fourth-order valence-electron chi connectivity index (χ4n) is 3.59. The topological polar surface area (TPSA) is 12.0 Å².